The second-order valence-electron chi connectivity index (χ2n) is 5.74. The number of rotatable bonds is 5. The molecule has 2 N–H and O–H groups in total. The SMILES string of the molecule is CCC(C)CC(C)NC(=O)C1CCNC(C)C1. The molecule has 0 radical (unpaired) electrons. The van der Waals surface area contributed by atoms with Gasteiger partial charge in [-0.05, 0) is 45.6 Å². The van der Waals surface area contributed by atoms with E-state index in [1.54, 1.807) is 0 Å². The molecule has 0 aromatic heterocycles. The maximum absolute atomic E-state index is 12.1. The van der Waals surface area contributed by atoms with Crippen molar-refractivity contribution in [3.63, 3.8) is 0 Å². The van der Waals surface area contributed by atoms with Crippen molar-refractivity contribution in [1.29, 1.82) is 0 Å². The van der Waals surface area contributed by atoms with Crippen LogP contribution in [-0.4, -0.2) is 24.5 Å². The molecule has 100 valence electrons. The molecule has 3 heteroatoms. The minimum absolute atomic E-state index is 0.214. The van der Waals surface area contributed by atoms with Gasteiger partial charge in [0.05, 0.1) is 0 Å². The third-order valence-electron chi connectivity index (χ3n) is 3.84. The molecule has 17 heavy (non-hydrogen) atoms. The van der Waals surface area contributed by atoms with E-state index < -0.39 is 0 Å². The summed E-state index contributed by atoms with van der Waals surface area (Å²) < 4.78 is 0. The smallest absolute Gasteiger partial charge is 0.223 e. The molecule has 1 saturated heterocycles. The van der Waals surface area contributed by atoms with Gasteiger partial charge in [-0.2, -0.15) is 0 Å². The van der Waals surface area contributed by atoms with E-state index in [4.69, 9.17) is 0 Å². The maximum atomic E-state index is 12.1. The van der Waals surface area contributed by atoms with E-state index >= 15 is 0 Å². The fraction of sp³-hybridized carbons (Fsp3) is 0.929. The second-order valence-corrected chi connectivity index (χ2v) is 5.74. The Morgan fingerprint density at radius 2 is 2.18 bits per heavy atom. The Kier molecular flexibility index (Phi) is 5.96. The molecule has 1 heterocycles. The van der Waals surface area contributed by atoms with Gasteiger partial charge >= 0.3 is 0 Å². The normalized spacial score (nSPS) is 28.5. The second kappa shape index (κ2) is 7.00. The highest BCUT2D eigenvalue weighted by atomic mass is 16.1. The summed E-state index contributed by atoms with van der Waals surface area (Å²) in [6.45, 7) is 9.69. The molecule has 1 amide bonds. The first-order valence-electron chi connectivity index (χ1n) is 7.06. The first-order chi connectivity index (χ1) is 8.02. The van der Waals surface area contributed by atoms with Crippen molar-refractivity contribution in [3.8, 4) is 0 Å². The van der Waals surface area contributed by atoms with Crippen LogP contribution < -0.4 is 10.6 Å². The van der Waals surface area contributed by atoms with Crippen molar-refractivity contribution in [2.45, 2.75) is 65.5 Å². The van der Waals surface area contributed by atoms with Crippen molar-refractivity contribution in [2.75, 3.05) is 6.54 Å². The molecule has 1 aliphatic heterocycles. The van der Waals surface area contributed by atoms with Crippen molar-refractivity contribution in [1.82, 2.24) is 10.6 Å². The number of carbonyl (C=O) groups excluding carboxylic acids is 1. The number of hydrogen-bond donors (Lipinski definition) is 2. The van der Waals surface area contributed by atoms with Crippen molar-refractivity contribution in [3.05, 3.63) is 0 Å². The van der Waals surface area contributed by atoms with Crippen molar-refractivity contribution in [2.24, 2.45) is 11.8 Å². The molecular weight excluding hydrogens is 212 g/mol. The third-order valence-corrected chi connectivity index (χ3v) is 3.84. The van der Waals surface area contributed by atoms with Gasteiger partial charge in [0, 0.05) is 18.0 Å². The number of hydrogen-bond acceptors (Lipinski definition) is 2. The largest absolute Gasteiger partial charge is 0.353 e. The predicted molar refractivity (Wildman–Crippen MR) is 71.9 cm³/mol. The fourth-order valence-electron chi connectivity index (χ4n) is 2.56. The zero-order chi connectivity index (χ0) is 12.8. The van der Waals surface area contributed by atoms with Gasteiger partial charge < -0.3 is 10.6 Å². The maximum Gasteiger partial charge on any atom is 0.223 e. The lowest BCUT2D eigenvalue weighted by atomic mass is 9.92. The molecule has 0 aliphatic carbocycles. The molecule has 1 aliphatic rings. The van der Waals surface area contributed by atoms with Crippen molar-refractivity contribution < 1.29 is 4.79 Å². The van der Waals surface area contributed by atoms with Gasteiger partial charge in [-0.15, -0.1) is 0 Å². The lowest BCUT2D eigenvalue weighted by Gasteiger charge is -2.28. The molecule has 0 bridgehead atoms. The molecule has 0 aromatic rings. The highest BCUT2D eigenvalue weighted by molar-refractivity contribution is 5.79. The fourth-order valence-corrected chi connectivity index (χ4v) is 2.56. The minimum Gasteiger partial charge on any atom is -0.353 e. The molecular formula is C14H28N2O. The summed E-state index contributed by atoms with van der Waals surface area (Å²) in [6, 6.07) is 0.784. The Balaban J connectivity index is 2.32. The average Bonchev–Trinajstić information content (AvgIpc) is 2.28. The molecule has 4 atom stereocenters. The zero-order valence-corrected chi connectivity index (χ0v) is 11.8. The Morgan fingerprint density at radius 1 is 1.47 bits per heavy atom. The van der Waals surface area contributed by atoms with E-state index in [1.807, 2.05) is 0 Å². The Bertz CT molecular complexity index is 242. The monoisotopic (exact) mass is 240 g/mol. The number of nitrogens with one attached hydrogen (secondary N) is 2. The summed E-state index contributed by atoms with van der Waals surface area (Å²) in [4.78, 5) is 12.1. The van der Waals surface area contributed by atoms with Crippen molar-refractivity contribution >= 4 is 5.91 Å². The van der Waals surface area contributed by atoms with Gasteiger partial charge in [0.25, 0.3) is 0 Å². The van der Waals surface area contributed by atoms with Gasteiger partial charge in [0.15, 0.2) is 0 Å². The van der Waals surface area contributed by atoms with Gasteiger partial charge in [-0.1, -0.05) is 20.3 Å². The van der Waals surface area contributed by atoms with Crippen LogP contribution in [-0.2, 0) is 4.79 Å². The van der Waals surface area contributed by atoms with Crippen LogP contribution in [0.2, 0.25) is 0 Å². The summed E-state index contributed by atoms with van der Waals surface area (Å²) in [5.41, 5.74) is 0. The Morgan fingerprint density at radius 3 is 2.76 bits per heavy atom. The van der Waals surface area contributed by atoms with Gasteiger partial charge in [0.2, 0.25) is 5.91 Å². The van der Waals surface area contributed by atoms with Gasteiger partial charge in [-0.25, -0.2) is 0 Å². The molecule has 0 aromatic carbocycles. The van der Waals surface area contributed by atoms with E-state index in [9.17, 15) is 4.79 Å². The van der Waals surface area contributed by atoms with Crippen LogP contribution >= 0.6 is 0 Å². The quantitative estimate of drug-likeness (QED) is 0.774. The summed E-state index contributed by atoms with van der Waals surface area (Å²) in [5.74, 6) is 1.16. The Hall–Kier alpha value is -0.570. The summed E-state index contributed by atoms with van der Waals surface area (Å²) in [6.07, 6.45) is 4.22. The average molecular weight is 240 g/mol. The first kappa shape index (κ1) is 14.5. The van der Waals surface area contributed by atoms with E-state index in [-0.39, 0.29) is 11.8 Å². The van der Waals surface area contributed by atoms with E-state index in [1.165, 1.54) is 6.42 Å². The highest BCUT2D eigenvalue weighted by Crippen LogP contribution is 2.17. The molecule has 1 rings (SSSR count). The summed E-state index contributed by atoms with van der Waals surface area (Å²) in [7, 11) is 0. The van der Waals surface area contributed by atoms with Gasteiger partial charge in [-0.3, -0.25) is 4.79 Å². The zero-order valence-electron chi connectivity index (χ0n) is 11.8. The van der Waals surface area contributed by atoms with Crippen LogP contribution in [0.5, 0.6) is 0 Å². The topological polar surface area (TPSA) is 41.1 Å². The van der Waals surface area contributed by atoms with Crippen LogP contribution in [0.3, 0.4) is 0 Å². The molecule has 1 fully saturated rings. The number of piperidine rings is 1. The van der Waals surface area contributed by atoms with Gasteiger partial charge in [0.1, 0.15) is 0 Å². The summed E-state index contributed by atoms with van der Waals surface area (Å²) in [5, 5.41) is 6.55. The van der Waals surface area contributed by atoms with Crippen LogP contribution in [0.4, 0.5) is 0 Å². The van der Waals surface area contributed by atoms with Crippen LogP contribution in [0.1, 0.15) is 53.4 Å². The predicted octanol–water partition coefficient (Wildman–Crippen LogP) is 2.32. The number of amides is 1. The van der Waals surface area contributed by atoms with Crippen LogP contribution in [0.25, 0.3) is 0 Å². The molecule has 0 spiro atoms. The molecule has 0 saturated carbocycles. The first-order valence-corrected chi connectivity index (χ1v) is 7.06. The van der Waals surface area contributed by atoms with E-state index in [0.717, 1.165) is 25.8 Å². The minimum atomic E-state index is 0.214. The highest BCUT2D eigenvalue weighted by Gasteiger charge is 2.25. The molecule has 3 nitrogen and oxygen atoms in total. The lowest BCUT2D eigenvalue weighted by molar-refractivity contribution is -0.126. The standard InChI is InChI=1S/C14H28N2O/c1-5-10(2)8-12(4)16-14(17)13-6-7-15-11(3)9-13/h10-13,15H,5-9H2,1-4H3,(H,16,17). The van der Waals surface area contributed by atoms with Crippen LogP contribution in [0.15, 0.2) is 0 Å². The van der Waals surface area contributed by atoms with Crippen LogP contribution in [0, 0.1) is 11.8 Å². The van der Waals surface area contributed by atoms with E-state index in [0.29, 0.717) is 18.0 Å². The Labute approximate surface area is 106 Å². The van der Waals surface area contributed by atoms with E-state index in [2.05, 4.69) is 38.3 Å². The third kappa shape index (κ3) is 5.07. The lowest BCUT2D eigenvalue weighted by Crippen LogP contribution is -2.44. The molecule has 4 unspecified atom stereocenters. The number of carbonyl (C=O) groups is 1. The summed E-state index contributed by atoms with van der Waals surface area (Å²) >= 11 is 0.